The van der Waals surface area contributed by atoms with Crippen molar-refractivity contribution in [2.24, 2.45) is 5.92 Å². The van der Waals surface area contributed by atoms with Gasteiger partial charge in [0, 0.05) is 5.88 Å². The maximum absolute atomic E-state index is 5.66. The van der Waals surface area contributed by atoms with Crippen LogP contribution in [0, 0.1) is 5.92 Å². The molecule has 1 atom stereocenters. The predicted octanol–water partition coefficient (Wildman–Crippen LogP) is 2.98. The van der Waals surface area contributed by atoms with Crippen LogP contribution in [0.3, 0.4) is 0 Å². The molecule has 0 saturated carbocycles. The van der Waals surface area contributed by atoms with E-state index in [0.29, 0.717) is 0 Å². The van der Waals surface area contributed by atoms with E-state index in [0.717, 1.165) is 18.2 Å². The molecule has 0 amide bonds. The van der Waals surface area contributed by atoms with Crippen LogP contribution in [0.15, 0.2) is 0 Å². The van der Waals surface area contributed by atoms with Gasteiger partial charge in [-0.15, -0.1) is 11.6 Å². The van der Waals surface area contributed by atoms with Crippen LogP contribution in [0.4, 0.5) is 0 Å². The number of hydrogen-bond acceptors (Lipinski definition) is 1. The van der Waals surface area contributed by atoms with Crippen LogP contribution in [0.25, 0.3) is 0 Å². The van der Waals surface area contributed by atoms with Crippen molar-refractivity contribution in [1.29, 1.82) is 0 Å². The molecule has 0 saturated heterocycles. The van der Waals surface area contributed by atoms with E-state index in [1.165, 1.54) is 25.9 Å². The van der Waals surface area contributed by atoms with Gasteiger partial charge in [0.15, 0.2) is 0 Å². The van der Waals surface area contributed by atoms with Crippen molar-refractivity contribution in [2.45, 2.75) is 33.1 Å². The predicted molar refractivity (Wildman–Crippen MR) is 56.9 cm³/mol. The lowest BCUT2D eigenvalue weighted by Crippen LogP contribution is -2.22. The third-order valence-electron chi connectivity index (χ3n) is 2.21. The van der Waals surface area contributed by atoms with Crippen LogP contribution in [0.1, 0.15) is 33.1 Å². The first-order chi connectivity index (χ1) is 5.70. The summed E-state index contributed by atoms with van der Waals surface area (Å²) in [7, 11) is 2.19. The van der Waals surface area contributed by atoms with Crippen molar-refractivity contribution in [1.82, 2.24) is 4.90 Å². The molecule has 0 spiro atoms. The van der Waals surface area contributed by atoms with Crippen LogP contribution in [-0.2, 0) is 0 Å². The van der Waals surface area contributed by atoms with Crippen LogP contribution in [0.2, 0.25) is 0 Å². The molecule has 0 fully saturated rings. The molecule has 0 aliphatic heterocycles. The zero-order valence-corrected chi connectivity index (χ0v) is 9.40. The molecule has 0 aliphatic rings. The Balaban J connectivity index is 3.27. The van der Waals surface area contributed by atoms with Crippen LogP contribution < -0.4 is 0 Å². The summed E-state index contributed by atoms with van der Waals surface area (Å²) in [5.41, 5.74) is 0. The van der Waals surface area contributed by atoms with Gasteiger partial charge in [-0.3, -0.25) is 0 Å². The Morgan fingerprint density at radius 3 is 2.42 bits per heavy atom. The lowest BCUT2D eigenvalue weighted by atomic mass is 10.1. The standard InChI is InChI=1S/C10H22ClN/c1-4-8-12(3)9-6-10(2)5-7-11/h10H,4-9H2,1-3H3. The van der Waals surface area contributed by atoms with E-state index >= 15 is 0 Å². The number of nitrogens with zero attached hydrogens (tertiary/aromatic N) is 1. The molecule has 0 bridgehead atoms. The van der Waals surface area contributed by atoms with Gasteiger partial charge in [-0.05, 0) is 45.3 Å². The summed E-state index contributed by atoms with van der Waals surface area (Å²) in [5, 5.41) is 0. The van der Waals surface area contributed by atoms with Gasteiger partial charge < -0.3 is 4.90 Å². The molecule has 0 N–H and O–H groups in total. The average molecular weight is 192 g/mol. The fourth-order valence-electron chi connectivity index (χ4n) is 1.26. The van der Waals surface area contributed by atoms with Gasteiger partial charge in [0.25, 0.3) is 0 Å². The highest BCUT2D eigenvalue weighted by Crippen LogP contribution is 2.08. The molecule has 0 heterocycles. The van der Waals surface area contributed by atoms with Gasteiger partial charge in [0.1, 0.15) is 0 Å². The summed E-state index contributed by atoms with van der Waals surface area (Å²) in [5.74, 6) is 1.58. The van der Waals surface area contributed by atoms with E-state index in [9.17, 15) is 0 Å². The second-order valence-corrected chi connectivity index (χ2v) is 4.05. The van der Waals surface area contributed by atoms with E-state index in [4.69, 9.17) is 11.6 Å². The summed E-state index contributed by atoms with van der Waals surface area (Å²) in [6.07, 6.45) is 3.69. The molecule has 1 unspecified atom stereocenters. The van der Waals surface area contributed by atoms with Gasteiger partial charge in [-0.1, -0.05) is 13.8 Å². The summed E-state index contributed by atoms with van der Waals surface area (Å²) in [6.45, 7) is 6.93. The Kier molecular flexibility index (Phi) is 8.04. The van der Waals surface area contributed by atoms with Gasteiger partial charge in [0.05, 0.1) is 0 Å². The molecule has 0 rings (SSSR count). The van der Waals surface area contributed by atoms with Crippen LogP contribution >= 0.6 is 11.6 Å². The maximum Gasteiger partial charge on any atom is 0.0225 e. The third kappa shape index (κ3) is 6.93. The Bertz CT molecular complexity index is 83.8. The highest BCUT2D eigenvalue weighted by atomic mass is 35.5. The van der Waals surface area contributed by atoms with Crippen molar-refractivity contribution in [3.8, 4) is 0 Å². The summed E-state index contributed by atoms with van der Waals surface area (Å²) in [4.78, 5) is 2.39. The van der Waals surface area contributed by atoms with Crippen LogP contribution in [0.5, 0.6) is 0 Å². The smallest absolute Gasteiger partial charge is 0.0225 e. The number of rotatable bonds is 7. The first kappa shape index (κ1) is 12.2. The molecule has 12 heavy (non-hydrogen) atoms. The molecule has 74 valence electrons. The summed E-state index contributed by atoms with van der Waals surface area (Å²) < 4.78 is 0. The van der Waals surface area contributed by atoms with Gasteiger partial charge >= 0.3 is 0 Å². The molecule has 0 radical (unpaired) electrons. The van der Waals surface area contributed by atoms with Gasteiger partial charge in [0.2, 0.25) is 0 Å². The highest BCUT2D eigenvalue weighted by molar-refractivity contribution is 6.17. The van der Waals surface area contributed by atoms with Crippen LogP contribution in [-0.4, -0.2) is 30.9 Å². The maximum atomic E-state index is 5.66. The topological polar surface area (TPSA) is 3.24 Å². The molecule has 0 aromatic carbocycles. The van der Waals surface area contributed by atoms with Crippen molar-refractivity contribution < 1.29 is 0 Å². The van der Waals surface area contributed by atoms with E-state index in [2.05, 4.69) is 25.8 Å². The Hall–Kier alpha value is 0.250. The Morgan fingerprint density at radius 1 is 1.25 bits per heavy atom. The zero-order valence-electron chi connectivity index (χ0n) is 8.65. The van der Waals surface area contributed by atoms with Crippen molar-refractivity contribution >= 4 is 11.6 Å². The molecule has 0 aliphatic carbocycles. The molecular formula is C10H22ClN. The third-order valence-corrected chi connectivity index (χ3v) is 2.43. The molecular weight excluding hydrogens is 170 g/mol. The second kappa shape index (κ2) is 7.88. The first-order valence-corrected chi connectivity index (χ1v) is 5.48. The van der Waals surface area contributed by atoms with Crippen molar-refractivity contribution in [3.05, 3.63) is 0 Å². The highest BCUT2D eigenvalue weighted by Gasteiger charge is 2.02. The molecule has 2 heteroatoms. The monoisotopic (exact) mass is 191 g/mol. The molecule has 0 aromatic rings. The van der Waals surface area contributed by atoms with Gasteiger partial charge in [-0.25, -0.2) is 0 Å². The minimum Gasteiger partial charge on any atom is -0.306 e. The first-order valence-electron chi connectivity index (χ1n) is 4.95. The van der Waals surface area contributed by atoms with E-state index < -0.39 is 0 Å². The SMILES string of the molecule is CCCN(C)CCC(C)CCCl. The quantitative estimate of drug-likeness (QED) is 0.560. The normalized spacial score (nSPS) is 13.8. The Morgan fingerprint density at radius 2 is 1.92 bits per heavy atom. The van der Waals surface area contributed by atoms with E-state index in [1.807, 2.05) is 0 Å². The lowest BCUT2D eigenvalue weighted by Gasteiger charge is -2.17. The number of halogens is 1. The Labute approximate surface area is 82.1 Å². The zero-order chi connectivity index (χ0) is 9.40. The van der Waals surface area contributed by atoms with Crippen molar-refractivity contribution in [3.63, 3.8) is 0 Å². The fraction of sp³-hybridized carbons (Fsp3) is 1.00. The number of hydrogen-bond donors (Lipinski definition) is 0. The lowest BCUT2D eigenvalue weighted by molar-refractivity contribution is 0.304. The fourth-order valence-corrected chi connectivity index (χ4v) is 1.64. The summed E-state index contributed by atoms with van der Waals surface area (Å²) >= 11 is 5.66. The second-order valence-electron chi connectivity index (χ2n) is 3.67. The van der Waals surface area contributed by atoms with E-state index in [-0.39, 0.29) is 0 Å². The molecule has 0 aromatic heterocycles. The minimum atomic E-state index is 0.779. The van der Waals surface area contributed by atoms with E-state index in [1.54, 1.807) is 0 Å². The minimum absolute atomic E-state index is 0.779. The average Bonchev–Trinajstić information content (AvgIpc) is 2.02. The number of alkyl halides is 1. The van der Waals surface area contributed by atoms with Gasteiger partial charge in [-0.2, -0.15) is 0 Å². The molecule has 1 nitrogen and oxygen atoms in total. The largest absolute Gasteiger partial charge is 0.306 e. The summed E-state index contributed by atoms with van der Waals surface area (Å²) in [6, 6.07) is 0. The van der Waals surface area contributed by atoms with Crippen molar-refractivity contribution in [2.75, 3.05) is 26.0 Å².